The second kappa shape index (κ2) is 8.12. The van der Waals surface area contributed by atoms with E-state index in [1.54, 1.807) is 34.9 Å². The second-order valence-electron chi connectivity index (χ2n) is 8.53. The molecule has 2 heterocycles. The lowest BCUT2D eigenvalue weighted by Crippen LogP contribution is -2.07. The van der Waals surface area contributed by atoms with Crippen LogP contribution in [0.2, 0.25) is 0 Å². The zero-order chi connectivity index (χ0) is 26.0. The number of halogens is 4. The molecule has 0 spiro atoms. The van der Waals surface area contributed by atoms with Crippen LogP contribution in [0.4, 0.5) is 17.6 Å². The lowest BCUT2D eigenvalue weighted by molar-refractivity contribution is 0.0988. The highest BCUT2D eigenvalue weighted by molar-refractivity contribution is 6.41. The summed E-state index contributed by atoms with van der Waals surface area (Å²) in [5, 5.41) is 0. The topological polar surface area (TPSA) is 56.9 Å². The van der Waals surface area contributed by atoms with Crippen LogP contribution in [-0.2, 0) is 7.05 Å². The summed E-state index contributed by atoms with van der Waals surface area (Å²) in [4.78, 5) is 30.7. The van der Waals surface area contributed by atoms with Gasteiger partial charge in [0.2, 0.25) is 11.6 Å². The van der Waals surface area contributed by atoms with E-state index in [4.69, 9.17) is 4.98 Å². The molecule has 6 rings (SSSR count). The van der Waals surface area contributed by atoms with E-state index in [9.17, 15) is 27.2 Å². The van der Waals surface area contributed by atoms with Gasteiger partial charge in [-0.25, -0.2) is 22.5 Å². The van der Waals surface area contributed by atoms with Crippen LogP contribution in [0.15, 0.2) is 72.3 Å². The highest BCUT2D eigenvalue weighted by Gasteiger charge is 2.42. The number of carbonyl (C=O) groups excluding carboxylic acids is 2. The average Bonchev–Trinajstić information content (AvgIpc) is 3.51. The van der Waals surface area contributed by atoms with Crippen LogP contribution in [0.25, 0.3) is 34.3 Å². The Balaban J connectivity index is 1.59. The number of fused-ring (bicyclic) bond motifs is 2. The van der Waals surface area contributed by atoms with Crippen LogP contribution in [0.3, 0.4) is 0 Å². The molecule has 0 saturated carbocycles. The second-order valence-corrected chi connectivity index (χ2v) is 8.53. The molecule has 0 unspecified atom stereocenters. The van der Waals surface area contributed by atoms with Gasteiger partial charge in [0, 0.05) is 18.3 Å². The first-order chi connectivity index (χ1) is 17.8. The molecule has 9 heteroatoms. The summed E-state index contributed by atoms with van der Waals surface area (Å²) < 4.78 is 60.0. The molecule has 1 aliphatic rings. The molecule has 5 nitrogen and oxygen atoms in total. The standard InChI is InChI=1S/C28H15F4N3O2/c1-34-18-13-16(12-17-25(36)19-20(26(17)37)22(30)24(32)23(31)21(19)29)35(15-10-6-3-7-11-15)28(18)33-27(34)14-8-4-2-5-9-14/h2-13H,1H3. The molecule has 1 aliphatic carbocycles. The Hall–Kier alpha value is -4.79. The van der Waals surface area contributed by atoms with Gasteiger partial charge in [-0.05, 0) is 24.3 Å². The van der Waals surface area contributed by atoms with Gasteiger partial charge in [-0.1, -0.05) is 48.5 Å². The molecule has 182 valence electrons. The van der Waals surface area contributed by atoms with E-state index in [1.807, 2.05) is 48.0 Å². The Bertz CT molecular complexity index is 1750. The summed E-state index contributed by atoms with van der Waals surface area (Å²) >= 11 is 0. The third-order valence-electron chi connectivity index (χ3n) is 6.42. The van der Waals surface area contributed by atoms with Crippen molar-refractivity contribution in [2.45, 2.75) is 0 Å². The first kappa shape index (κ1) is 22.7. The minimum atomic E-state index is -2.14. The fraction of sp³-hybridized carbons (Fsp3) is 0.0357. The van der Waals surface area contributed by atoms with Gasteiger partial charge in [-0.3, -0.25) is 14.2 Å². The molecule has 0 bridgehead atoms. The number of nitrogens with zero attached hydrogens (tertiary/aromatic N) is 3. The van der Waals surface area contributed by atoms with E-state index in [-0.39, 0.29) is 0 Å². The summed E-state index contributed by atoms with van der Waals surface area (Å²) in [5.41, 5.74) is 0.146. The van der Waals surface area contributed by atoms with E-state index < -0.39 is 51.5 Å². The van der Waals surface area contributed by atoms with Crippen molar-refractivity contribution < 1.29 is 27.2 Å². The lowest BCUT2D eigenvalue weighted by atomic mass is 10.1. The third kappa shape index (κ3) is 3.20. The number of benzene rings is 3. The zero-order valence-electron chi connectivity index (χ0n) is 19.1. The molecule has 0 fully saturated rings. The molecule has 3 aromatic carbocycles. The molecule has 0 saturated heterocycles. The normalized spacial score (nSPS) is 13.1. The predicted octanol–water partition coefficient (Wildman–Crippen LogP) is 6.05. The maximum Gasteiger partial charge on any atom is 0.200 e. The lowest BCUT2D eigenvalue weighted by Gasteiger charge is -2.08. The molecular formula is C28H15F4N3O2. The van der Waals surface area contributed by atoms with E-state index in [2.05, 4.69) is 0 Å². The van der Waals surface area contributed by atoms with E-state index in [1.165, 1.54) is 0 Å². The van der Waals surface area contributed by atoms with Crippen LogP contribution in [0.1, 0.15) is 26.4 Å². The Morgan fingerprint density at radius 2 is 1.30 bits per heavy atom. The number of aryl methyl sites for hydroxylation is 1. The van der Waals surface area contributed by atoms with Crippen molar-refractivity contribution in [2.75, 3.05) is 0 Å². The van der Waals surface area contributed by atoms with Crippen LogP contribution < -0.4 is 0 Å². The van der Waals surface area contributed by atoms with Crippen molar-refractivity contribution in [3.63, 3.8) is 0 Å². The first-order valence-electron chi connectivity index (χ1n) is 11.2. The smallest absolute Gasteiger partial charge is 0.200 e. The fourth-order valence-electron chi connectivity index (χ4n) is 4.66. The quantitative estimate of drug-likeness (QED) is 0.0995. The Kier molecular flexibility index (Phi) is 4.98. The largest absolute Gasteiger partial charge is 0.326 e. The van der Waals surface area contributed by atoms with Crippen molar-refractivity contribution in [3.05, 3.63) is 112 Å². The van der Waals surface area contributed by atoms with Gasteiger partial charge in [-0.2, -0.15) is 0 Å². The van der Waals surface area contributed by atoms with Gasteiger partial charge in [0.1, 0.15) is 5.82 Å². The molecular weight excluding hydrogens is 486 g/mol. The number of carbonyl (C=O) groups is 2. The number of ketones is 2. The van der Waals surface area contributed by atoms with Gasteiger partial charge in [0.25, 0.3) is 0 Å². The van der Waals surface area contributed by atoms with Crippen LogP contribution in [0, 0.1) is 23.3 Å². The number of hydrogen-bond acceptors (Lipinski definition) is 3. The third-order valence-corrected chi connectivity index (χ3v) is 6.42. The molecule has 0 aliphatic heterocycles. The molecule has 0 radical (unpaired) electrons. The number of imidazole rings is 1. The summed E-state index contributed by atoms with van der Waals surface area (Å²) in [5.74, 6) is -9.85. The molecule has 0 atom stereocenters. The summed E-state index contributed by atoms with van der Waals surface area (Å²) in [6.45, 7) is 0. The zero-order valence-corrected chi connectivity index (χ0v) is 19.1. The summed E-state index contributed by atoms with van der Waals surface area (Å²) in [6, 6.07) is 20.1. The van der Waals surface area contributed by atoms with Crippen molar-refractivity contribution in [2.24, 2.45) is 7.05 Å². The van der Waals surface area contributed by atoms with Crippen LogP contribution >= 0.6 is 0 Å². The van der Waals surface area contributed by atoms with Crippen molar-refractivity contribution in [3.8, 4) is 17.1 Å². The van der Waals surface area contributed by atoms with Gasteiger partial charge in [0.15, 0.2) is 28.9 Å². The number of para-hydroxylation sites is 1. The van der Waals surface area contributed by atoms with Crippen molar-refractivity contribution in [1.29, 1.82) is 0 Å². The minimum absolute atomic E-state index is 0.310. The van der Waals surface area contributed by atoms with Gasteiger partial charge in [0.05, 0.1) is 27.9 Å². The summed E-state index contributed by atoms with van der Waals surface area (Å²) in [6.07, 6.45) is 1.16. The van der Waals surface area contributed by atoms with Gasteiger partial charge >= 0.3 is 0 Å². The Morgan fingerprint density at radius 3 is 1.86 bits per heavy atom. The maximum absolute atomic E-state index is 14.4. The number of Topliss-reactive ketones (excluding diaryl/α,β-unsaturated/α-hetero) is 2. The SMILES string of the molecule is Cn1c(-c2ccccc2)nc2c1cc(C=C1C(=O)c3c(F)c(F)c(F)c(F)c3C1=O)n2-c1ccccc1. The van der Waals surface area contributed by atoms with Crippen molar-refractivity contribution >= 4 is 28.8 Å². The predicted molar refractivity (Wildman–Crippen MR) is 128 cm³/mol. The molecule has 2 aromatic heterocycles. The fourth-order valence-corrected chi connectivity index (χ4v) is 4.66. The first-order valence-corrected chi connectivity index (χ1v) is 11.2. The highest BCUT2D eigenvalue weighted by atomic mass is 19.2. The number of aromatic nitrogens is 3. The van der Waals surface area contributed by atoms with E-state index >= 15 is 0 Å². The molecule has 0 amide bonds. The Labute approximate surface area is 206 Å². The molecule has 0 N–H and O–H groups in total. The number of hydrogen-bond donors (Lipinski definition) is 0. The minimum Gasteiger partial charge on any atom is -0.326 e. The molecule has 37 heavy (non-hydrogen) atoms. The van der Waals surface area contributed by atoms with Gasteiger partial charge < -0.3 is 4.57 Å². The van der Waals surface area contributed by atoms with Gasteiger partial charge in [-0.15, -0.1) is 0 Å². The van der Waals surface area contributed by atoms with E-state index in [0.717, 1.165) is 11.6 Å². The van der Waals surface area contributed by atoms with Crippen molar-refractivity contribution in [1.82, 2.24) is 14.1 Å². The van der Waals surface area contributed by atoms with Crippen LogP contribution in [-0.4, -0.2) is 25.7 Å². The van der Waals surface area contributed by atoms with Crippen LogP contribution in [0.5, 0.6) is 0 Å². The highest BCUT2D eigenvalue weighted by Crippen LogP contribution is 2.36. The number of rotatable bonds is 3. The van der Waals surface area contributed by atoms with E-state index in [0.29, 0.717) is 28.4 Å². The summed E-state index contributed by atoms with van der Waals surface area (Å²) in [7, 11) is 1.81. The monoisotopic (exact) mass is 501 g/mol. The Morgan fingerprint density at radius 1 is 0.757 bits per heavy atom. The number of allylic oxidation sites excluding steroid dienone is 1. The molecule has 5 aromatic rings. The maximum atomic E-state index is 14.4. The average molecular weight is 501 g/mol.